The summed E-state index contributed by atoms with van der Waals surface area (Å²) in [5.41, 5.74) is 1.89. The van der Waals surface area contributed by atoms with Gasteiger partial charge in [-0.05, 0) is 26.8 Å². The molecule has 4 heteroatoms. The lowest BCUT2D eigenvalue weighted by atomic mass is 9.88. The molecule has 78 valence electrons. The van der Waals surface area contributed by atoms with Crippen LogP contribution in [0, 0.1) is 6.92 Å². The SMILES string of the molecule is Cc1c(C2(C)NCCC2O)cnn1C. The van der Waals surface area contributed by atoms with Gasteiger partial charge in [0.1, 0.15) is 0 Å². The Morgan fingerprint density at radius 1 is 1.71 bits per heavy atom. The Morgan fingerprint density at radius 2 is 2.43 bits per heavy atom. The Kier molecular flexibility index (Phi) is 2.12. The number of nitrogens with one attached hydrogen (secondary N) is 1. The van der Waals surface area contributed by atoms with Crippen molar-refractivity contribution < 1.29 is 5.11 Å². The van der Waals surface area contributed by atoms with E-state index in [1.807, 2.05) is 31.8 Å². The van der Waals surface area contributed by atoms with Crippen LogP contribution >= 0.6 is 0 Å². The molecule has 2 rings (SSSR count). The van der Waals surface area contributed by atoms with Crippen molar-refractivity contribution in [2.75, 3.05) is 6.54 Å². The number of nitrogens with zero attached hydrogens (tertiary/aromatic N) is 2. The average molecular weight is 195 g/mol. The summed E-state index contributed by atoms with van der Waals surface area (Å²) in [5, 5.41) is 17.5. The van der Waals surface area contributed by atoms with E-state index in [0.717, 1.165) is 24.2 Å². The van der Waals surface area contributed by atoms with Gasteiger partial charge in [0.25, 0.3) is 0 Å². The van der Waals surface area contributed by atoms with Gasteiger partial charge in [0.15, 0.2) is 0 Å². The molecule has 0 bridgehead atoms. The maximum absolute atomic E-state index is 9.94. The molecule has 0 saturated carbocycles. The summed E-state index contributed by atoms with van der Waals surface area (Å²) in [6, 6.07) is 0. The van der Waals surface area contributed by atoms with Crippen LogP contribution in [0.1, 0.15) is 24.6 Å². The van der Waals surface area contributed by atoms with Gasteiger partial charge in [0.2, 0.25) is 0 Å². The standard InChI is InChI=1S/C10H17N3O/c1-7-8(6-12-13(7)3)10(2)9(14)4-5-11-10/h6,9,11,14H,4-5H2,1-3H3. The van der Waals surface area contributed by atoms with Crippen LogP contribution in [0.2, 0.25) is 0 Å². The molecule has 2 heterocycles. The topological polar surface area (TPSA) is 50.1 Å². The molecule has 1 fully saturated rings. The van der Waals surface area contributed by atoms with Gasteiger partial charge in [-0.15, -0.1) is 0 Å². The number of aliphatic hydroxyl groups excluding tert-OH is 1. The van der Waals surface area contributed by atoms with E-state index < -0.39 is 0 Å². The minimum absolute atomic E-state index is 0.314. The van der Waals surface area contributed by atoms with Crippen molar-refractivity contribution in [2.24, 2.45) is 7.05 Å². The van der Waals surface area contributed by atoms with Gasteiger partial charge in [-0.3, -0.25) is 4.68 Å². The lowest BCUT2D eigenvalue weighted by molar-refractivity contribution is 0.107. The molecule has 1 saturated heterocycles. The van der Waals surface area contributed by atoms with E-state index in [0.29, 0.717) is 0 Å². The Balaban J connectivity index is 2.43. The third-order valence-corrected chi connectivity index (χ3v) is 3.37. The fourth-order valence-corrected chi connectivity index (χ4v) is 2.16. The van der Waals surface area contributed by atoms with Gasteiger partial charge >= 0.3 is 0 Å². The Hall–Kier alpha value is -0.870. The smallest absolute Gasteiger partial charge is 0.0774 e. The largest absolute Gasteiger partial charge is 0.391 e. The van der Waals surface area contributed by atoms with Crippen molar-refractivity contribution in [3.63, 3.8) is 0 Å². The lowest BCUT2D eigenvalue weighted by Gasteiger charge is -2.28. The van der Waals surface area contributed by atoms with Crippen molar-refractivity contribution >= 4 is 0 Å². The highest BCUT2D eigenvalue weighted by atomic mass is 16.3. The zero-order chi connectivity index (χ0) is 10.3. The molecule has 2 atom stereocenters. The zero-order valence-corrected chi connectivity index (χ0v) is 8.91. The van der Waals surface area contributed by atoms with E-state index in [2.05, 4.69) is 10.4 Å². The number of aliphatic hydroxyl groups is 1. The summed E-state index contributed by atoms with van der Waals surface area (Å²) >= 11 is 0. The second-order valence-electron chi connectivity index (χ2n) is 4.20. The zero-order valence-electron chi connectivity index (χ0n) is 8.91. The van der Waals surface area contributed by atoms with Crippen molar-refractivity contribution in [2.45, 2.75) is 31.9 Å². The molecule has 4 nitrogen and oxygen atoms in total. The van der Waals surface area contributed by atoms with E-state index in [1.165, 1.54) is 0 Å². The van der Waals surface area contributed by atoms with Crippen LogP contribution in [-0.2, 0) is 12.6 Å². The van der Waals surface area contributed by atoms with Crippen LogP contribution in [0.25, 0.3) is 0 Å². The number of hydrogen-bond donors (Lipinski definition) is 2. The third kappa shape index (κ3) is 1.18. The minimum atomic E-state index is -0.321. The first kappa shape index (κ1) is 9.68. The molecule has 1 aliphatic heterocycles. The van der Waals surface area contributed by atoms with Crippen LogP contribution in [0.4, 0.5) is 0 Å². The number of rotatable bonds is 1. The molecule has 0 aliphatic carbocycles. The molecule has 1 aliphatic rings. The molecule has 14 heavy (non-hydrogen) atoms. The quantitative estimate of drug-likeness (QED) is 0.677. The Bertz CT molecular complexity index is 347. The summed E-state index contributed by atoms with van der Waals surface area (Å²) in [5.74, 6) is 0. The summed E-state index contributed by atoms with van der Waals surface area (Å²) in [6.07, 6.45) is 2.34. The predicted octanol–water partition coefficient (Wildman–Crippen LogP) is 0.298. The van der Waals surface area contributed by atoms with Gasteiger partial charge in [-0.2, -0.15) is 5.10 Å². The van der Waals surface area contributed by atoms with Gasteiger partial charge < -0.3 is 10.4 Å². The molecule has 2 N–H and O–H groups in total. The summed E-state index contributed by atoms with van der Waals surface area (Å²) < 4.78 is 1.84. The highest BCUT2D eigenvalue weighted by Crippen LogP contribution is 2.32. The molecule has 0 spiro atoms. The van der Waals surface area contributed by atoms with Crippen molar-refractivity contribution in [3.05, 3.63) is 17.5 Å². The molecule has 1 aromatic rings. The molecule has 0 aromatic carbocycles. The maximum Gasteiger partial charge on any atom is 0.0774 e. The second-order valence-corrected chi connectivity index (χ2v) is 4.20. The van der Waals surface area contributed by atoms with Crippen molar-refractivity contribution in [3.8, 4) is 0 Å². The van der Waals surface area contributed by atoms with Crippen LogP contribution in [0.15, 0.2) is 6.20 Å². The minimum Gasteiger partial charge on any atom is -0.391 e. The van der Waals surface area contributed by atoms with Gasteiger partial charge in [0.05, 0.1) is 17.8 Å². The predicted molar refractivity (Wildman–Crippen MR) is 53.9 cm³/mol. The summed E-state index contributed by atoms with van der Waals surface area (Å²) in [4.78, 5) is 0. The first-order valence-electron chi connectivity index (χ1n) is 4.98. The number of hydrogen-bond acceptors (Lipinski definition) is 3. The fraction of sp³-hybridized carbons (Fsp3) is 0.700. The van der Waals surface area contributed by atoms with Gasteiger partial charge in [-0.1, -0.05) is 0 Å². The van der Waals surface area contributed by atoms with Crippen molar-refractivity contribution in [1.82, 2.24) is 15.1 Å². The first-order chi connectivity index (χ1) is 6.55. The summed E-state index contributed by atoms with van der Waals surface area (Å²) in [6.45, 7) is 4.93. The number of aromatic nitrogens is 2. The first-order valence-corrected chi connectivity index (χ1v) is 4.98. The summed E-state index contributed by atoms with van der Waals surface area (Å²) in [7, 11) is 1.92. The van der Waals surface area contributed by atoms with E-state index in [9.17, 15) is 5.11 Å². The van der Waals surface area contributed by atoms with Crippen molar-refractivity contribution in [1.29, 1.82) is 0 Å². The van der Waals surface area contributed by atoms with E-state index in [-0.39, 0.29) is 11.6 Å². The van der Waals surface area contributed by atoms with E-state index >= 15 is 0 Å². The molecule has 1 aromatic heterocycles. The molecule has 0 radical (unpaired) electrons. The fourth-order valence-electron chi connectivity index (χ4n) is 2.16. The second kappa shape index (κ2) is 3.07. The van der Waals surface area contributed by atoms with Gasteiger partial charge in [-0.25, -0.2) is 0 Å². The van der Waals surface area contributed by atoms with Crippen LogP contribution in [-0.4, -0.2) is 27.5 Å². The van der Waals surface area contributed by atoms with Crippen LogP contribution in [0.5, 0.6) is 0 Å². The molecule has 2 unspecified atom stereocenters. The molecular weight excluding hydrogens is 178 g/mol. The highest BCUT2D eigenvalue weighted by molar-refractivity contribution is 5.28. The Morgan fingerprint density at radius 3 is 2.86 bits per heavy atom. The number of aryl methyl sites for hydroxylation is 1. The van der Waals surface area contributed by atoms with Gasteiger partial charge in [0, 0.05) is 18.3 Å². The molecule has 0 amide bonds. The normalized spacial score (nSPS) is 32.4. The van der Waals surface area contributed by atoms with Crippen LogP contribution < -0.4 is 5.32 Å². The Labute approximate surface area is 83.9 Å². The van der Waals surface area contributed by atoms with E-state index in [4.69, 9.17) is 0 Å². The molecular formula is C10H17N3O. The third-order valence-electron chi connectivity index (χ3n) is 3.37. The lowest BCUT2D eigenvalue weighted by Crippen LogP contribution is -2.41. The highest BCUT2D eigenvalue weighted by Gasteiger charge is 2.40. The maximum atomic E-state index is 9.94. The average Bonchev–Trinajstić information content (AvgIpc) is 2.62. The van der Waals surface area contributed by atoms with E-state index in [1.54, 1.807) is 0 Å². The monoisotopic (exact) mass is 195 g/mol. The van der Waals surface area contributed by atoms with Crippen LogP contribution in [0.3, 0.4) is 0 Å².